The maximum absolute atomic E-state index is 13.7. The average Bonchev–Trinajstić information content (AvgIpc) is 1.63. The second-order valence-corrected chi connectivity index (χ2v) is 40.8. The molecule has 10 amide bonds. The van der Waals surface area contributed by atoms with E-state index in [-0.39, 0.29) is 110 Å². The van der Waals surface area contributed by atoms with Crippen molar-refractivity contribution in [1.82, 2.24) is 49.4 Å². The van der Waals surface area contributed by atoms with E-state index in [1.165, 1.54) is 51.1 Å². The van der Waals surface area contributed by atoms with Crippen LogP contribution in [0.3, 0.4) is 0 Å². The van der Waals surface area contributed by atoms with Crippen molar-refractivity contribution in [3.8, 4) is 0 Å². The number of hydrogen-bond donors (Lipinski definition) is 1. The van der Waals surface area contributed by atoms with Crippen molar-refractivity contribution in [1.29, 1.82) is 0 Å². The van der Waals surface area contributed by atoms with E-state index in [1.54, 1.807) is 168 Å². The van der Waals surface area contributed by atoms with Crippen LogP contribution >= 0.6 is 0 Å². The first-order chi connectivity index (χ1) is 64.0. The van der Waals surface area contributed by atoms with E-state index in [0.29, 0.717) is 138 Å². The number of carbonyl (C=O) groups is 10. The summed E-state index contributed by atoms with van der Waals surface area (Å²) in [5, 5.41) is 2.93. The molecule has 0 fully saturated rings. The maximum atomic E-state index is 13.7. The highest BCUT2D eigenvalue weighted by molar-refractivity contribution is 6.18. The van der Waals surface area contributed by atoms with E-state index in [4.69, 9.17) is 0 Å². The molecule has 0 saturated carbocycles. The Morgan fingerprint density at radius 2 is 0.555 bits per heavy atom. The van der Waals surface area contributed by atoms with Gasteiger partial charge in [-0.05, 0) is 193 Å². The highest BCUT2D eigenvalue weighted by atomic mass is 19.1. The number of hydrogen-bond acceptors (Lipinski definition) is 15. The molecule has 10 aliphatic heterocycles. The van der Waals surface area contributed by atoms with Gasteiger partial charge < -0.3 is 49.4 Å². The van der Waals surface area contributed by atoms with Gasteiger partial charge in [-0.2, -0.15) is 0 Å². The molecule has 25 nitrogen and oxygen atoms in total. The lowest BCUT2D eigenvalue weighted by atomic mass is 9.80. The van der Waals surface area contributed by atoms with Crippen molar-refractivity contribution in [3.05, 3.63) is 291 Å². The fourth-order valence-corrected chi connectivity index (χ4v) is 18.2. The van der Waals surface area contributed by atoms with Crippen LogP contribution in [0.25, 0.3) is 0 Å². The fraction of sp³-hybridized carbons (Fsp3) is 0.404. The Balaban J connectivity index is 0.000000164. The number of nitrogens with zero attached hydrogens (tertiary/aromatic N) is 14. The molecule has 5 aromatic carbocycles. The number of likely N-dealkylation sites (N-methyl/N-ethyl adjacent to an activating group) is 4. The van der Waals surface area contributed by atoms with Gasteiger partial charge in [0.05, 0.1) is 60.6 Å². The third kappa shape index (κ3) is 22.7. The van der Waals surface area contributed by atoms with Crippen molar-refractivity contribution in [3.63, 3.8) is 0 Å². The summed E-state index contributed by atoms with van der Waals surface area (Å²) in [7, 11) is 13.6. The van der Waals surface area contributed by atoms with E-state index < -0.39 is 0 Å². The summed E-state index contributed by atoms with van der Waals surface area (Å²) in [6.45, 7) is 44.1. The summed E-state index contributed by atoms with van der Waals surface area (Å²) < 4.78 is 40.9. The van der Waals surface area contributed by atoms with Crippen molar-refractivity contribution in [2.75, 3.05) is 122 Å². The topological polar surface area (TPSA) is 274 Å². The van der Waals surface area contributed by atoms with Crippen molar-refractivity contribution < 1.29 is 61.1 Å². The lowest BCUT2D eigenvalue weighted by Gasteiger charge is -2.30. The van der Waals surface area contributed by atoms with Gasteiger partial charge in [0, 0.05) is 238 Å². The van der Waals surface area contributed by atoms with Crippen molar-refractivity contribution >= 4 is 88.6 Å². The largest absolute Gasteiger partial charge is 0.350 e. The van der Waals surface area contributed by atoms with Gasteiger partial charge in [-0.25, -0.2) is 13.2 Å². The maximum Gasteiger partial charge on any atom is 0.257 e. The third-order valence-electron chi connectivity index (χ3n) is 26.1. The number of halogens is 3. The zero-order valence-corrected chi connectivity index (χ0v) is 84.5. The fourth-order valence-electron chi connectivity index (χ4n) is 18.2. The van der Waals surface area contributed by atoms with Crippen LogP contribution in [0.4, 0.5) is 13.2 Å². The van der Waals surface area contributed by atoms with E-state index in [1.807, 2.05) is 111 Å². The Bertz CT molecular complexity index is 6320. The van der Waals surface area contributed by atoms with Crippen molar-refractivity contribution in [2.24, 2.45) is 52.0 Å². The Labute approximate surface area is 804 Å². The quantitative estimate of drug-likeness (QED) is 0.130. The van der Waals surface area contributed by atoms with E-state index >= 15 is 0 Å². The minimum Gasteiger partial charge on any atom is -0.350 e. The number of nitrogens with one attached hydrogen (secondary N) is 1. The Hall–Kier alpha value is -13.7. The molecule has 0 atom stereocenters. The van der Waals surface area contributed by atoms with Gasteiger partial charge in [0.2, 0.25) is 0 Å². The monoisotopic (exact) mass is 1870 g/mol. The first kappa shape index (κ1) is 104. The number of rotatable bonds is 11. The standard InChI is InChI=1S/C23H28FN3O2.C22H26FN3O2.C22H27N3O2.C21H24FN3O2.C21H25N3O2/c1-13(2)26-21(28)17-11-27(22(29)16-7-8-19(24)14(3)9-16)12-23(5,6)18-10-25-15(4)20(17)18;1-13-9-15(7-8-18(13)23)20(27)26-11-16(21(28)25(5)6)19-14(2)24-10-17(19)22(3,4)12-26;1-14-7-9-16(10-8-14)20(26)25-12-17(21(27)24(5)6)19-15(2)23-11-18(19)22(3,4)13-25;1-13-8-14(6-7-18(13)22)19(26)25-11-16(20(27)24(4)5)15-9-23-10-17(15)21(2,3)12-25;1-14-6-8-15(9-7-14)19(25)24-12-17(20(26)23(4)5)16-10-22-11-18(16)21(2,3)13-24/h7-9,11,13H,10,12H2,1-6H3,(H,26,28);7-9,11H,10,12H2,1-6H3;7-10,12H,11,13H2,1-6H3;6-9,11H,10,12H2,1-5H3;6-10,12H,11,13H2,1-5H3. The Morgan fingerprint density at radius 1 is 0.321 bits per heavy atom. The van der Waals surface area contributed by atoms with Crippen LogP contribution in [-0.4, -0.2) is 261 Å². The summed E-state index contributed by atoms with van der Waals surface area (Å²) in [5.74, 6) is -2.82. The summed E-state index contributed by atoms with van der Waals surface area (Å²) in [6, 6.07) is 28.0. The summed E-state index contributed by atoms with van der Waals surface area (Å²) in [6.07, 6.45) is 11.8. The van der Waals surface area contributed by atoms with Gasteiger partial charge in [-0.15, -0.1) is 0 Å². The molecule has 722 valence electrons. The number of aliphatic imine (C=N–C) groups is 5. The molecule has 10 aliphatic rings. The zero-order valence-electron chi connectivity index (χ0n) is 84.5. The first-order valence-corrected chi connectivity index (χ1v) is 45.9. The van der Waals surface area contributed by atoms with E-state index in [9.17, 15) is 61.1 Å². The van der Waals surface area contributed by atoms with Gasteiger partial charge in [-0.1, -0.05) is 105 Å². The molecule has 15 rings (SSSR count). The van der Waals surface area contributed by atoms with Crippen LogP contribution < -0.4 is 5.32 Å². The molecule has 0 radical (unpaired) electrons. The van der Waals surface area contributed by atoms with Crippen LogP contribution in [-0.2, 0) is 24.0 Å². The third-order valence-corrected chi connectivity index (χ3v) is 26.1. The predicted molar refractivity (Wildman–Crippen MR) is 534 cm³/mol. The van der Waals surface area contributed by atoms with Crippen LogP contribution in [0.1, 0.15) is 183 Å². The molecule has 0 unspecified atom stereocenters. The molecule has 0 saturated heterocycles. The number of carbonyl (C=O) groups excluding carboxylic acids is 10. The van der Waals surface area contributed by atoms with Crippen molar-refractivity contribution in [2.45, 2.75) is 145 Å². The van der Waals surface area contributed by atoms with Gasteiger partial charge in [0.25, 0.3) is 59.1 Å². The van der Waals surface area contributed by atoms with Gasteiger partial charge in [0.15, 0.2) is 0 Å². The SMILES string of the molecule is CC1=NCC2=C1C(C(=O)N(C)C)=CN(C(=O)c1ccc(C)cc1)CC2(C)C.CC1=NCC2=C1C(C(=O)N(C)C)=CN(C(=O)c1ccc(F)c(C)c1)CC2(C)C.CC1=NCC2=C1C(C(=O)NC(C)C)=CN(C(=O)c1ccc(F)c(C)c1)CC2(C)C.Cc1cc(C(=O)N2C=C(C(=O)N(C)C)C3=C(CN=C3)C(C)(C)C2)ccc1F.Cc1ccc(C(=O)N2C=C(C(=O)N(C)C)C3=C(CN=C3)C(C)(C)C2)cc1. The highest BCUT2D eigenvalue weighted by Crippen LogP contribution is 2.46. The molecule has 10 heterocycles. The molecular formula is C109H130F3N15O10. The Morgan fingerprint density at radius 3 is 0.818 bits per heavy atom. The normalized spacial score (nSPS) is 18.3. The molecule has 1 N–H and O–H groups in total. The molecule has 0 spiro atoms. The second kappa shape index (κ2) is 41.1. The van der Waals surface area contributed by atoms with Gasteiger partial charge >= 0.3 is 0 Å². The molecule has 137 heavy (non-hydrogen) atoms. The van der Waals surface area contributed by atoms with E-state index in [2.05, 4.69) is 85.7 Å². The van der Waals surface area contributed by atoms with Crippen LogP contribution in [0.2, 0.25) is 0 Å². The molecule has 0 aliphatic carbocycles. The second-order valence-electron chi connectivity index (χ2n) is 40.8. The summed E-state index contributed by atoms with van der Waals surface area (Å²) in [5.41, 5.74) is 18.8. The molecule has 0 aromatic heterocycles. The minimum atomic E-state index is -0.363. The number of amides is 10. The van der Waals surface area contributed by atoms with Crippen LogP contribution in [0, 0.1) is 79.1 Å². The molecule has 0 bridgehead atoms. The van der Waals surface area contributed by atoms with Gasteiger partial charge in [-0.3, -0.25) is 72.9 Å². The number of benzene rings is 5. The average molecular weight is 1870 g/mol. The highest BCUT2D eigenvalue weighted by Gasteiger charge is 2.45. The molecule has 28 heteroatoms. The molecular weight excluding hydrogens is 1740 g/mol. The van der Waals surface area contributed by atoms with E-state index in [0.717, 1.165) is 84.0 Å². The number of aryl methyl sites for hydroxylation is 5. The van der Waals surface area contributed by atoms with Gasteiger partial charge in [0.1, 0.15) is 17.5 Å². The summed E-state index contributed by atoms with van der Waals surface area (Å²) in [4.78, 5) is 167. The smallest absolute Gasteiger partial charge is 0.257 e. The lowest BCUT2D eigenvalue weighted by Crippen LogP contribution is -2.36. The summed E-state index contributed by atoms with van der Waals surface area (Å²) >= 11 is 0. The zero-order chi connectivity index (χ0) is 101. The minimum absolute atomic E-state index is 0.0359. The van der Waals surface area contributed by atoms with Crippen LogP contribution in [0.5, 0.6) is 0 Å². The molecule has 5 aromatic rings. The Kier molecular flexibility index (Phi) is 31.2. The lowest BCUT2D eigenvalue weighted by molar-refractivity contribution is -0.125. The van der Waals surface area contributed by atoms with Crippen LogP contribution in [0.15, 0.2) is 243 Å². The first-order valence-electron chi connectivity index (χ1n) is 45.9. The predicted octanol–water partition coefficient (Wildman–Crippen LogP) is 16.2.